The highest BCUT2D eigenvalue weighted by atomic mass is 32.2. The largest absolute Gasteiger partial charge is 0.322 e. The number of aromatic amines is 1. The lowest BCUT2D eigenvalue weighted by molar-refractivity contribution is 0.580. The fraction of sp³-hybridized carbons (Fsp3) is 0.211. The molecule has 0 amide bonds. The second-order valence-electron chi connectivity index (χ2n) is 6.10. The van der Waals surface area contributed by atoms with Crippen molar-refractivity contribution >= 4 is 20.9 Å². The van der Waals surface area contributed by atoms with Gasteiger partial charge in [-0.15, -0.1) is 0 Å². The summed E-state index contributed by atoms with van der Waals surface area (Å²) in [6.07, 6.45) is 0.340. The molecule has 2 N–H and O–H groups in total. The molecule has 5 nitrogen and oxygen atoms in total. The lowest BCUT2D eigenvalue weighted by Crippen LogP contribution is -2.28. The normalized spacial score (nSPS) is 11.7. The molecule has 1 heterocycles. The Balaban J connectivity index is 1.66. The first-order valence-electron chi connectivity index (χ1n) is 8.07. The quantitative estimate of drug-likeness (QED) is 0.712. The molecule has 0 atom stereocenters. The van der Waals surface area contributed by atoms with Crippen molar-refractivity contribution in [2.24, 2.45) is 0 Å². The zero-order chi connectivity index (χ0) is 17.9. The molecule has 2 aromatic carbocycles. The third-order valence-electron chi connectivity index (χ3n) is 3.99. The van der Waals surface area contributed by atoms with Crippen LogP contribution in [0.5, 0.6) is 0 Å². The highest BCUT2D eigenvalue weighted by molar-refractivity contribution is 7.88. The Bertz CT molecular complexity index is 1060. The molecule has 0 bridgehead atoms. The number of para-hydroxylation sites is 1. The third-order valence-corrected chi connectivity index (χ3v) is 5.34. The number of H-pyrrole nitrogens is 1. The van der Waals surface area contributed by atoms with Crippen LogP contribution in [0.25, 0.3) is 10.9 Å². The molecule has 130 valence electrons. The van der Waals surface area contributed by atoms with Crippen LogP contribution in [0.15, 0.2) is 59.4 Å². The number of sulfonamides is 1. The fourth-order valence-corrected chi connectivity index (χ4v) is 3.93. The maximum atomic E-state index is 12.2. The predicted molar refractivity (Wildman–Crippen MR) is 100 cm³/mol. The average molecular weight is 356 g/mol. The molecule has 1 aromatic heterocycles. The van der Waals surface area contributed by atoms with Crippen LogP contribution < -0.4 is 10.3 Å². The molecule has 0 unspecified atom stereocenters. The van der Waals surface area contributed by atoms with Crippen molar-refractivity contribution < 1.29 is 8.42 Å². The van der Waals surface area contributed by atoms with E-state index < -0.39 is 10.0 Å². The van der Waals surface area contributed by atoms with E-state index in [4.69, 9.17) is 0 Å². The van der Waals surface area contributed by atoms with Crippen LogP contribution in [-0.4, -0.2) is 19.9 Å². The Labute approximate surface area is 146 Å². The zero-order valence-corrected chi connectivity index (χ0v) is 14.8. The number of nitrogens with one attached hydrogen (secondary N) is 2. The molecule has 0 aliphatic heterocycles. The summed E-state index contributed by atoms with van der Waals surface area (Å²) in [5, 5.41) is 0.930. The van der Waals surface area contributed by atoms with Crippen molar-refractivity contribution in [2.75, 3.05) is 6.54 Å². The van der Waals surface area contributed by atoms with E-state index in [1.54, 1.807) is 6.07 Å². The number of fused-ring (bicyclic) bond motifs is 1. The van der Waals surface area contributed by atoms with E-state index in [0.29, 0.717) is 12.0 Å². The van der Waals surface area contributed by atoms with Crippen molar-refractivity contribution in [3.05, 3.63) is 81.6 Å². The van der Waals surface area contributed by atoms with Gasteiger partial charge in [-0.25, -0.2) is 13.1 Å². The molecular weight excluding hydrogens is 336 g/mol. The van der Waals surface area contributed by atoms with Crippen LogP contribution >= 0.6 is 0 Å². The summed E-state index contributed by atoms with van der Waals surface area (Å²) in [6, 6.07) is 16.7. The highest BCUT2D eigenvalue weighted by Gasteiger charge is 2.12. The molecule has 0 fully saturated rings. The van der Waals surface area contributed by atoms with Crippen LogP contribution in [0.2, 0.25) is 0 Å². The summed E-state index contributed by atoms with van der Waals surface area (Å²) >= 11 is 0. The summed E-state index contributed by atoms with van der Waals surface area (Å²) in [6.45, 7) is 2.12. The van der Waals surface area contributed by atoms with Crippen LogP contribution in [0.1, 0.15) is 16.7 Å². The summed E-state index contributed by atoms with van der Waals surface area (Å²) in [7, 11) is -3.44. The SMILES string of the molecule is Cc1cccc(CS(=O)(=O)NCCc2cc3ccccc3[nH]c2=O)c1. The van der Waals surface area contributed by atoms with Gasteiger partial charge in [0.1, 0.15) is 0 Å². The van der Waals surface area contributed by atoms with E-state index in [-0.39, 0.29) is 17.9 Å². The van der Waals surface area contributed by atoms with Crippen molar-refractivity contribution in [3.8, 4) is 0 Å². The van der Waals surface area contributed by atoms with Gasteiger partial charge in [0, 0.05) is 17.6 Å². The van der Waals surface area contributed by atoms with Gasteiger partial charge in [0.25, 0.3) is 5.56 Å². The Morgan fingerprint density at radius 1 is 1.04 bits per heavy atom. The van der Waals surface area contributed by atoms with E-state index in [1.165, 1.54) is 0 Å². The minimum absolute atomic E-state index is 0.0667. The highest BCUT2D eigenvalue weighted by Crippen LogP contribution is 2.11. The predicted octanol–water partition coefficient (Wildman–Crippen LogP) is 2.50. The molecular formula is C19H20N2O3S. The molecule has 0 radical (unpaired) electrons. The molecule has 0 aliphatic rings. The van der Waals surface area contributed by atoms with E-state index in [0.717, 1.165) is 22.0 Å². The summed E-state index contributed by atoms with van der Waals surface area (Å²) in [4.78, 5) is 14.9. The number of hydrogen-bond acceptors (Lipinski definition) is 3. The van der Waals surface area contributed by atoms with Crippen LogP contribution in [0.3, 0.4) is 0 Å². The van der Waals surface area contributed by atoms with Crippen LogP contribution in [0.4, 0.5) is 0 Å². The third kappa shape index (κ3) is 4.55. The second-order valence-corrected chi connectivity index (χ2v) is 7.91. The minimum atomic E-state index is -3.44. The number of rotatable bonds is 6. The van der Waals surface area contributed by atoms with Crippen molar-refractivity contribution in [1.29, 1.82) is 0 Å². The molecule has 0 saturated heterocycles. The van der Waals surface area contributed by atoms with Crippen molar-refractivity contribution in [3.63, 3.8) is 0 Å². The number of benzene rings is 2. The molecule has 0 aliphatic carbocycles. The first-order valence-corrected chi connectivity index (χ1v) is 9.72. The van der Waals surface area contributed by atoms with Gasteiger partial charge in [-0.3, -0.25) is 4.79 Å². The van der Waals surface area contributed by atoms with Gasteiger partial charge in [-0.05, 0) is 36.4 Å². The fourth-order valence-electron chi connectivity index (χ4n) is 2.79. The smallest absolute Gasteiger partial charge is 0.251 e. The summed E-state index contributed by atoms with van der Waals surface area (Å²) < 4.78 is 27.0. The van der Waals surface area contributed by atoms with E-state index in [9.17, 15) is 13.2 Å². The Morgan fingerprint density at radius 3 is 2.64 bits per heavy atom. The Morgan fingerprint density at radius 2 is 1.84 bits per heavy atom. The Kier molecular flexibility index (Phi) is 5.01. The van der Waals surface area contributed by atoms with Gasteiger partial charge in [-0.2, -0.15) is 0 Å². The number of pyridine rings is 1. The van der Waals surface area contributed by atoms with Gasteiger partial charge in [0.05, 0.1) is 5.75 Å². The van der Waals surface area contributed by atoms with Gasteiger partial charge in [0.2, 0.25) is 10.0 Å². The maximum absolute atomic E-state index is 12.2. The lowest BCUT2D eigenvalue weighted by Gasteiger charge is -2.08. The monoisotopic (exact) mass is 356 g/mol. The van der Waals surface area contributed by atoms with Crippen molar-refractivity contribution in [1.82, 2.24) is 9.71 Å². The van der Waals surface area contributed by atoms with Crippen LogP contribution in [0, 0.1) is 6.92 Å². The average Bonchev–Trinajstić information content (AvgIpc) is 2.54. The van der Waals surface area contributed by atoms with E-state index >= 15 is 0 Å². The number of aryl methyl sites for hydroxylation is 1. The van der Waals surface area contributed by atoms with Gasteiger partial charge < -0.3 is 4.98 Å². The first-order chi connectivity index (χ1) is 11.9. The standard InChI is InChI=1S/C19H20N2O3S/c1-14-5-4-6-15(11-14)13-25(23,24)20-10-9-17-12-16-7-2-3-8-18(16)21-19(17)22/h2-8,11-12,20H,9-10,13H2,1H3,(H,21,22). The number of hydrogen-bond donors (Lipinski definition) is 2. The topological polar surface area (TPSA) is 79.0 Å². The van der Waals surface area contributed by atoms with Crippen LogP contribution in [-0.2, 0) is 22.2 Å². The molecule has 25 heavy (non-hydrogen) atoms. The van der Waals surface area contributed by atoms with E-state index in [1.807, 2.05) is 55.5 Å². The first kappa shape index (κ1) is 17.4. The molecule has 0 saturated carbocycles. The summed E-state index contributed by atoms with van der Waals surface area (Å²) in [5.41, 5.74) is 2.93. The Hall–Kier alpha value is -2.44. The van der Waals surface area contributed by atoms with Gasteiger partial charge in [-0.1, -0.05) is 48.0 Å². The molecule has 6 heteroatoms. The maximum Gasteiger partial charge on any atom is 0.251 e. The molecule has 0 spiro atoms. The van der Waals surface area contributed by atoms with Crippen molar-refractivity contribution in [2.45, 2.75) is 19.1 Å². The van der Waals surface area contributed by atoms with E-state index in [2.05, 4.69) is 9.71 Å². The minimum Gasteiger partial charge on any atom is -0.322 e. The zero-order valence-electron chi connectivity index (χ0n) is 14.0. The molecule has 3 aromatic rings. The lowest BCUT2D eigenvalue weighted by atomic mass is 10.1. The summed E-state index contributed by atoms with van der Waals surface area (Å²) in [5.74, 6) is -0.0667. The van der Waals surface area contributed by atoms with Gasteiger partial charge in [0.15, 0.2) is 0 Å². The van der Waals surface area contributed by atoms with Gasteiger partial charge >= 0.3 is 0 Å². The molecule has 3 rings (SSSR count). The number of aromatic nitrogens is 1. The second kappa shape index (κ2) is 7.21.